The number of methoxy groups -OCH3 is 1. The van der Waals surface area contributed by atoms with Gasteiger partial charge in [-0.25, -0.2) is 9.97 Å². The molecule has 0 bridgehead atoms. The molecule has 0 saturated heterocycles. The van der Waals surface area contributed by atoms with Gasteiger partial charge in [-0.15, -0.1) is 23.1 Å². The van der Waals surface area contributed by atoms with E-state index in [2.05, 4.69) is 46.0 Å². The summed E-state index contributed by atoms with van der Waals surface area (Å²) in [7, 11) is 1.68. The van der Waals surface area contributed by atoms with Crippen molar-refractivity contribution in [3.8, 4) is 5.75 Å². The lowest BCUT2D eigenvalue weighted by Crippen LogP contribution is -2.08. The summed E-state index contributed by atoms with van der Waals surface area (Å²) < 4.78 is 5.20. The first kappa shape index (κ1) is 15.1. The molecule has 1 N–H and O–H groups in total. The number of hydrogen-bond acceptors (Lipinski definition) is 6. The fraction of sp³-hybridized carbons (Fsp3) is 0.250. The van der Waals surface area contributed by atoms with E-state index < -0.39 is 0 Å². The minimum Gasteiger partial charge on any atom is -0.497 e. The van der Waals surface area contributed by atoms with Crippen LogP contribution < -0.4 is 10.1 Å². The zero-order valence-electron chi connectivity index (χ0n) is 12.7. The number of fused-ring (bicyclic) bond motifs is 1. The lowest BCUT2D eigenvalue weighted by molar-refractivity contribution is 0.414. The summed E-state index contributed by atoms with van der Waals surface area (Å²) in [6.07, 6.45) is 3.69. The summed E-state index contributed by atoms with van der Waals surface area (Å²) in [4.78, 5) is 11.0. The molecule has 1 unspecified atom stereocenters. The molecule has 3 rings (SSSR count). The maximum absolute atomic E-state index is 5.20. The van der Waals surface area contributed by atoms with Gasteiger partial charge in [-0.3, -0.25) is 0 Å². The maximum Gasteiger partial charge on any atom is 0.139 e. The molecular formula is C16H17N3OS2. The topological polar surface area (TPSA) is 47.0 Å². The zero-order chi connectivity index (χ0) is 15.5. The average Bonchev–Trinajstić information content (AvgIpc) is 2.99. The van der Waals surface area contributed by atoms with Gasteiger partial charge in [0.15, 0.2) is 0 Å². The highest BCUT2D eigenvalue weighted by atomic mass is 32.2. The number of thiophene rings is 1. The predicted octanol–water partition coefficient (Wildman–Crippen LogP) is 4.59. The van der Waals surface area contributed by atoms with Gasteiger partial charge in [0.05, 0.1) is 12.5 Å². The Hall–Kier alpha value is -1.79. The Morgan fingerprint density at radius 2 is 2.00 bits per heavy atom. The average molecular weight is 331 g/mol. The molecule has 4 nitrogen and oxygen atoms in total. The third-order valence-electron chi connectivity index (χ3n) is 3.53. The van der Waals surface area contributed by atoms with E-state index in [4.69, 9.17) is 4.74 Å². The number of nitrogens with zero attached hydrogens (tertiary/aromatic N) is 2. The second-order valence-corrected chi connectivity index (χ2v) is 6.55. The number of rotatable bonds is 5. The second-order valence-electron chi connectivity index (χ2n) is 4.85. The van der Waals surface area contributed by atoms with Crippen molar-refractivity contribution < 1.29 is 4.74 Å². The van der Waals surface area contributed by atoms with Gasteiger partial charge < -0.3 is 10.1 Å². The van der Waals surface area contributed by atoms with Crippen LogP contribution in [-0.2, 0) is 0 Å². The lowest BCUT2D eigenvalue weighted by atomic mass is 10.1. The molecule has 114 valence electrons. The van der Waals surface area contributed by atoms with Crippen LogP contribution in [0.4, 0.5) is 5.82 Å². The van der Waals surface area contributed by atoms with Crippen LogP contribution in [0.2, 0.25) is 0 Å². The van der Waals surface area contributed by atoms with Gasteiger partial charge >= 0.3 is 0 Å². The fourth-order valence-corrected chi connectivity index (χ4v) is 4.05. The molecule has 22 heavy (non-hydrogen) atoms. The van der Waals surface area contributed by atoms with E-state index in [9.17, 15) is 0 Å². The van der Waals surface area contributed by atoms with Gasteiger partial charge in [-0.1, -0.05) is 12.1 Å². The monoisotopic (exact) mass is 331 g/mol. The Morgan fingerprint density at radius 1 is 1.23 bits per heavy atom. The Morgan fingerprint density at radius 3 is 2.68 bits per heavy atom. The SMILES string of the molecule is COc1ccc(C(C)Nc2ncnc3scc(SC)c23)cc1. The summed E-state index contributed by atoms with van der Waals surface area (Å²) in [6, 6.07) is 8.23. The van der Waals surface area contributed by atoms with Crippen LogP contribution in [0.25, 0.3) is 10.2 Å². The number of aromatic nitrogens is 2. The predicted molar refractivity (Wildman–Crippen MR) is 94.2 cm³/mol. The number of benzene rings is 1. The molecule has 2 heterocycles. The van der Waals surface area contributed by atoms with Crippen molar-refractivity contribution in [3.63, 3.8) is 0 Å². The smallest absolute Gasteiger partial charge is 0.139 e. The largest absolute Gasteiger partial charge is 0.497 e. The lowest BCUT2D eigenvalue weighted by Gasteiger charge is -2.16. The Balaban J connectivity index is 1.90. The van der Waals surface area contributed by atoms with Crippen LogP contribution in [0.1, 0.15) is 18.5 Å². The van der Waals surface area contributed by atoms with E-state index in [1.54, 1.807) is 36.5 Å². The van der Waals surface area contributed by atoms with Gasteiger partial charge in [-0.05, 0) is 30.9 Å². The Labute approximate surface area is 137 Å². The summed E-state index contributed by atoms with van der Waals surface area (Å²) in [6.45, 7) is 2.13. The van der Waals surface area contributed by atoms with E-state index in [1.165, 1.54) is 10.5 Å². The normalized spacial score (nSPS) is 12.3. The van der Waals surface area contributed by atoms with Gasteiger partial charge in [-0.2, -0.15) is 0 Å². The molecule has 1 atom stereocenters. The van der Waals surface area contributed by atoms with E-state index in [-0.39, 0.29) is 6.04 Å². The molecule has 0 amide bonds. The number of anilines is 1. The maximum atomic E-state index is 5.20. The van der Waals surface area contributed by atoms with Crippen molar-refractivity contribution in [3.05, 3.63) is 41.5 Å². The van der Waals surface area contributed by atoms with Crippen molar-refractivity contribution in [2.24, 2.45) is 0 Å². The molecule has 0 aliphatic carbocycles. The van der Waals surface area contributed by atoms with Crippen molar-refractivity contribution >= 4 is 39.1 Å². The number of ether oxygens (including phenoxy) is 1. The molecule has 2 aromatic heterocycles. The Kier molecular flexibility index (Phi) is 4.49. The molecule has 0 aliphatic heterocycles. The third-order valence-corrected chi connectivity index (χ3v) is 5.32. The first-order valence-corrected chi connectivity index (χ1v) is 9.00. The fourth-order valence-electron chi connectivity index (χ4n) is 2.29. The minimum absolute atomic E-state index is 0.151. The first-order chi connectivity index (χ1) is 10.7. The minimum atomic E-state index is 0.151. The van der Waals surface area contributed by atoms with Crippen LogP contribution in [0.3, 0.4) is 0 Å². The molecule has 1 aromatic carbocycles. The number of thioether (sulfide) groups is 1. The van der Waals surface area contributed by atoms with E-state index >= 15 is 0 Å². The summed E-state index contributed by atoms with van der Waals surface area (Å²) in [5.41, 5.74) is 1.19. The van der Waals surface area contributed by atoms with Crippen molar-refractivity contribution in [1.29, 1.82) is 0 Å². The van der Waals surface area contributed by atoms with Crippen LogP contribution in [0.15, 0.2) is 40.9 Å². The van der Waals surface area contributed by atoms with Gasteiger partial charge in [0.25, 0.3) is 0 Å². The van der Waals surface area contributed by atoms with Crippen LogP contribution >= 0.6 is 23.1 Å². The van der Waals surface area contributed by atoms with E-state index in [0.717, 1.165) is 21.8 Å². The summed E-state index contributed by atoms with van der Waals surface area (Å²) in [5, 5.41) is 6.74. The van der Waals surface area contributed by atoms with Crippen LogP contribution in [0, 0.1) is 0 Å². The molecule has 3 aromatic rings. The second kappa shape index (κ2) is 6.54. The zero-order valence-corrected chi connectivity index (χ0v) is 14.3. The highest BCUT2D eigenvalue weighted by Crippen LogP contribution is 2.36. The van der Waals surface area contributed by atoms with Crippen LogP contribution in [-0.4, -0.2) is 23.3 Å². The van der Waals surface area contributed by atoms with Gasteiger partial charge in [0.1, 0.15) is 22.7 Å². The molecule has 0 radical (unpaired) electrons. The van der Waals surface area contributed by atoms with E-state index in [1.807, 2.05) is 12.1 Å². The highest BCUT2D eigenvalue weighted by Gasteiger charge is 2.13. The molecule has 0 fully saturated rings. The van der Waals surface area contributed by atoms with Gasteiger partial charge in [0.2, 0.25) is 0 Å². The van der Waals surface area contributed by atoms with Crippen LogP contribution in [0.5, 0.6) is 5.75 Å². The third kappa shape index (κ3) is 2.89. The molecule has 0 spiro atoms. The molecule has 0 saturated carbocycles. The molecular weight excluding hydrogens is 314 g/mol. The van der Waals surface area contributed by atoms with Crippen molar-refractivity contribution in [2.45, 2.75) is 17.9 Å². The Bertz CT molecular complexity index is 771. The van der Waals surface area contributed by atoms with Crippen molar-refractivity contribution in [1.82, 2.24) is 9.97 Å². The number of nitrogens with one attached hydrogen (secondary N) is 1. The summed E-state index contributed by atoms with van der Waals surface area (Å²) >= 11 is 3.37. The number of hydrogen-bond donors (Lipinski definition) is 1. The molecule has 6 heteroatoms. The van der Waals surface area contributed by atoms with Crippen molar-refractivity contribution in [2.75, 3.05) is 18.7 Å². The summed E-state index contributed by atoms with van der Waals surface area (Å²) in [5.74, 6) is 1.75. The van der Waals surface area contributed by atoms with E-state index in [0.29, 0.717) is 0 Å². The standard InChI is InChI=1S/C16H17N3OS2/c1-10(11-4-6-12(20-2)7-5-11)19-15-14-13(21-3)8-22-16(14)18-9-17-15/h4-10H,1-3H3,(H,17,18,19). The quantitative estimate of drug-likeness (QED) is 0.693. The first-order valence-electron chi connectivity index (χ1n) is 6.89. The molecule has 0 aliphatic rings. The van der Waals surface area contributed by atoms with Gasteiger partial charge in [0, 0.05) is 16.3 Å². The highest BCUT2D eigenvalue weighted by molar-refractivity contribution is 7.99.